The molecule has 1 saturated carbocycles. The van der Waals surface area contributed by atoms with Crippen molar-refractivity contribution < 1.29 is 4.79 Å². The fraction of sp³-hybridized carbons (Fsp3) is 0.273. The van der Waals surface area contributed by atoms with Crippen LogP contribution in [0.15, 0.2) is 66.2 Å². The molecule has 0 atom stereocenters. The number of pyridine rings is 1. The van der Waals surface area contributed by atoms with E-state index in [4.69, 9.17) is 5.10 Å². The van der Waals surface area contributed by atoms with Crippen LogP contribution in [0.1, 0.15) is 37.7 Å². The molecule has 1 fully saturated rings. The summed E-state index contributed by atoms with van der Waals surface area (Å²) in [5.74, 6) is 0.0880. The third-order valence-electron chi connectivity index (χ3n) is 5.05. The molecule has 0 unspecified atom stereocenters. The first-order valence-electron chi connectivity index (χ1n) is 9.69. The Morgan fingerprint density at radius 1 is 1.11 bits per heavy atom. The second kappa shape index (κ2) is 8.61. The van der Waals surface area contributed by atoms with E-state index in [1.807, 2.05) is 53.3 Å². The summed E-state index contributed by atoms with van der Waals surface area (Å²) in [7, 11) is 0. The van der Waals surface area contributed by atoms with E-state index in [1.165, 1.54) is 6.42 Å². The second-order valence-corrected chi connectivity index (χ2v) is 7.02. The van der Waals surface area contributed by atoms with Gasteiger partial charge in [-0.1, -0.05) is 37.5 Å². The maximum absolute atomic E-state index is 12.3. The largest absolute Gasteiger partial charge is 0.273 e. The van der Waals surface area contributed by atoms with Gasteiger partial charge >= 0.3 is 0 Å². The van der Waals surface area contributed by atoms with Gasteiger partial charge in [0, 0.05) is 35.6 Å². The molecular weight excluding hydrogens is 350 g/mol. The van der Waals surface area contributed by atoms with Crippen LogP contribution in [-0.4, -0.2) is 26.9 Å². The molecule has 0 saturated heterocycles. The summed E-state index contributed by atoms with van der Waals surface area (Å²) in [5.41, 5.74) is 6.15. The third-order valence-corrected chi connectivity index (χ3v) is 5.05. The molecule has 1 N–H and O–H groups in total. The summed E-state index contributed by atoms with van der Waals surface area (Å²) >= 11 is 0. The van der Waals surface area contributed by atoms with E-state index >= 15 is 0 Å². The molecule has 28 heavy (non-hydrogen) atoms. The smallest absolute Gasteiger partial charge is 0.243 e. The Morgan fingerprint density at radius 2 is 1.93 bits per heavy atom. The van der Waals surface area contributed by atoms with Crippen LogP contribution in [0.5, 0.6) is 0 Å². The molecule has 0 bridgehead atoms. The van der Waals surface area contributed by atoms with Crippen molar-refractivity contribution in [2.45, 2.75) is 32.1 Å². The highest BCUT2D eigenvalue weighted by Gasteiger charge is 2.20. The molecule has 3 aromatic rings. The Labute approximate surface area is 164 Å². The molecule has 2 aromatic heterocycles. The summed E-state index contributed by atoms with van der Waals surface area (Å²) < 4.78 is 1.81. The minimum Gasteiger partial charge on any atom is -0.273 e. The van der Waals surface area contributed by atoms with Gasteiger partial charge in [0.1, 0.15) is 5.69 Å². The van der Waals surface area contributed by atoms with Crippen molar-refractivity contribution in [3.63, 3.8) is 0 Å². The number of rotatable bonds is 5. The van der Waals surface area contributed by atoms with Gasteiger partial charge in [-0.15, -0.1) is 0 Å². The lowest BCUT2D eigenvalue weighted by Crippen LogP contribution is -2.28. The van der Waals surface area contributed by atoms with E-state index < -0.39 is 0 Å². The molecule has 1 amide bonds. The van der Waals surface area contributed by atoms with Gasteiger partial charge in [0.2, 0.25) is 5.91 Å². The van der Waals surface area contributed by atoms with Crippen molar-refractivity contribution in [3.05, 3.63) is 66.6 Å². The predicted molar refractivity (Wildman–Crippen MR) is 109 cm³/mol. The van der Waals surface area contributed by atoms with Crippen molar-refractivity contribution in [3.8, 4) is 16.9 Å². The first-order valence-corrected chi connectivity index (χ1v) is 9.69. The average molecular weight is 373 g/mol. The Bertz CT molecular complexity index is 944. The highest BCUT2D eigenvalue weighted by molar-refractivity contribution is 5.89. The van der Waals surface area contributed by atoms with Crippen molar-refractivity contribution in [2.24, 2.45) is 11.0 Å². The van der Waals surface area contributed by atoms with Crippen LogP contribution in [0.4, 0.5) is 0 Å². The van der Waals surface area contributed by atoms with E-state index in [0.29, 0.717) is 0 Å². The number of benzene rings is 1. The van der Waals surface area contributed by atoms with E-state index in [-0.39, 0.29) is 11.8 Å². The number of carbonyl (C=O) groups is 1. The van der Waals surface area contributed by atoms with Crippen LogP contribution >= 0.6 is 0 Å². The van der Waals surface area contributed by atoms with Crippen LogP contribution in [0, 0.1) is 5.92 Å². The first-order chi connectivity index (χ1) is 13.8. The first kappa shape index (κ1) is 18.1. The van der Waals surface area contributed by atoms with Crippen LogP contribution in [0.25, 0.3) is 16.9 Å². The number of hydrogen-bond donors (Lipinski definition) is 1. The number of nitrogens with zero attached hydrogens (tertiary/aromatic N) is 4. The van der Waals surface area contributed by atoms with Crippen molar-refractivity contribution >= 4 is 12.1 Å². The molecule has 6 nitrogen and oxygen atoms in total. The van der Waals surface area contributed by atoms with Gasteiger partial charge in [0.25, 0.3) is 0 Å². The summed E-state index contributed by atoms with van der Waals surface area (Å²) in [6.45, 7) is 0. The Hall–Kier alpha value is -3.28. The Morgan fingerprint density at radius 3 is 2.68 bits per heavy atom. The van der Waals surface area contributed by atoms with Gasteiger partial charge in [-0.25, -0.2) is 10.1 Å². The maximum Gasteiger partial charge on any atom is 0.243 e. The quantitative estimate of drug-likeness (QED) is 0.543. The second-order valence-electron chi connectivity index (χ2n) is 7.02. The lowest BCUT2D eigenvalue weighted by molar-refractivity contribution is -0.125. The van der Waals surface area contributed by atoms with Crippen LogP contribution in [-0.2, 0) is 4.79 Å². The zero-order chi connectivity index (χ0) is 19.2. The molecule has 0 aliphatic heterocycles. The van der Waals surface area contributed by atoms with E-state index in [2.05, 4.69) is 15.5 Å². The summed E-state index contributed by atoms with van der Waals surface area (Å²) in [6.07, 6.45) is 12.4. The number of nitrogens with one attached hydrogen (secondary N) is 1. The van der Waals surface area contributed by atoms with Crippen LogP contribution in [0.2, 0.25) is 0 Å². The van der Waals surface area contributed by atoms with Gasteiger partial charge in [-0.2, -0.15) is 10.2 Å². The Kier molecular flexibility index (Phi) is 5.56. The third kappa shape index (κ3) is 4.17. The normalized spacial score (nSPS) is 15.0. The number of para-hydroxylation sites is 1. The highest BCUT2D eigenvalue weighted by atomic mass is 16.2. The highest BCUT2D eigenvalue weighted by Crippen LogP contribution is 2.24. The van der Waals surface area contributed by atoms with Crippen LogP contribution < -0.4 is 5.43 Å². The lowest BCUT2D eigenvalue weighted by Gasteiger charge is -2.19. The summed E-state index contributed by atoms with van der Waals surface area (Å²) in [5, 5.41) is 8.92. The predicted octanol–water partition coefficient (Wildman–Crippen LogP) is 3.96. The van der Waals surface area contributed by atoms with Gasteiger partial charge in [-0.3, -0.25) is 9.78 Å². The molecular formula is C22H23N5O. The van der Waals surface area contributed by atoms with Crippen molar-refractivity contribution in [1.82, 2.24) is 20.2 Å². The standard InChI is InChI=1S/C22H23N5O/c28-22(17-8-3-1-4-9-17)25-24-15-19-16-27(20-11-5-2-6-12-20)26-21(19)18-10-7-13-23-14-18/h2,5-7,10-17H,1,3-4,8-9H2,(H,25,28)/b24-15-. The lowest BCUT2D eigenvalue weighted by atomic mass is 9.89. The fourth-order valence-electron chi connectivity index (χ4n) is 3.54. The van der Waals surface area contributed by atoms with E-state index in [0.717, 1.165) is 48.2 Å². The topological polar surface area (TPSA) is 72.2 Å². The zero-order valence-electron chi connectivity index (χ0n) is 15.7. The monoisotopic (exact) mass is 373 g/mol. The summed E-state index contributed by atoms with van der Waals surface area (Å²) in [6, 6.07) is 13.7. The molecule has 4 rings (SSSR count). The minimum absolute atomic E-state index is 0.00864. The van der Waals surface area contributed by atoms with Gasteiger partial charge in [0.15, 0.2) is 0 Å². The molecule has 1 aliphatic carbocycles. The number of hydrazone groups is 1. The van der Waals surface area contributed by atoms with Crippen LogP contribution in [0.3, 0.4) is 0 Å². The molecule has 1 aliphatic rings. The van der Waals surface area contributed by atoms with Crippen molar-refractivity contribution in [2.75, 3.05) is 0 Å². The maximum atomic E-state index is 12.3. The molecule has 2 heterocycles. The summed E-state index contributed by atoms with van der Waals surface area (Å²) in [4.78, 5) is 16.5. The Balaban J connectivity index is 1.58. The average Bonchev–Trinajstić information content (AvgIpc) is 3.20. The zero-order valence-corrected chi connectivity index (χ0v) is 15.7. The van der Waals surface area contributed by atoms with E-state index in [9.17, 15) is 4.79 Å². The van der Waals surface area contributed by atoms with Crippen molar-refractivity contribution in [1.29, 1.82) is 0 Å². The number of amides is 1. The SMILES string of the molecule is O=C(N/N=C\c1cn(-c2ccccc2)nc1-c1cccnc1)C1CCCCC1. The van der Waals surface area contributed by atoms with E-state index in [1.54, 1.807) is 18.6 Å². The van der Waals surface area contributed by atoms with Gasteiger partial charge < -0.3 is 0 Å². The minimum atomic E-state index is 0.00864. The number of carbonyl (C=O) groups excluding carboxylic acids is 1. The molecule has 6 heteroatoms. The molecule has 142 valence electrons. The fourth-order valence-corrected chi connectivity index (χ4v) is 3.54. The number of hydrogen-bond acceptors (Lipinski definition) is 4. The van der Waals surface area contributed by atoms with Gasteiger partial charge in [-0.05, 0) is 37.1 Å². The molecule has 0 radical (unpaired) electrons. The number of aromatic nitrogens is 3. The van der Waals surface area contributed by atoms with Gasteiger partial charge in [0.05, 0.1) is 11.9 Å². The molecule has 0 spiro atoms. The molecule has 1 aromatic carbocycles.